The van der Waals surface area contributed by atoms with Crippen molar-refractivity contribution in [1.29, 1.82) is 5.26 Å². The molecular weight excluding hydrogens is 192 g/mol. The molecule has 0 amide bonds. The lowest BCUT2D eigenvalue weighted by Gasteiger charge is -2.03. The normalized spacial score (nSPS) is 10.3. The summed E-state index contributed by atoms with van der Waals surface area (Å²) in [5.74, 6) is 0.706. The molecule has 0 bridgehead atoms. The standard InChI is InChI=1S/C11H10N2O2/c1-15-11-4-2-3-10(5-11)13-7-9(6-12)8-14/h2-5,7-8,13H,1H3/b9-7-. The van der Waals surface area contributed by atoms with Gasteiger partial charge in [-0.2, -0.15) is 5.26 Å². The molecule has 1 aromatic rings. The van der Waals surface area contributed by atoms with Gasteiger partial charge >= 0.3 is 0 Å². The number of anilines is 1. The van der Waals surface area contributed by atoms with Crippen LogP contribution in [-0.4, -0.2) is 13.4 Å². The van der Waals surface area contributed by atoms with E-state index in [1.54, 1.807) is 31.4 Å². The fraction of sp³-hybridized carbons (Fsp3) is 0.0909. The zero-order chi connectivity index (χ0) is 11.1. The molecule has 0 unspecified atom stereocenters. The molecule has 15 heavy (non-hydrogen) atoms. The largest absolute Gasteiger partial charge is 0.497 e. The summed E-state index contributed by atoms with van der Waals surface area (Å²) in [7, 11) is 1.57. The van der Waals surface area contributed by atoms with Gasteiger partial charge in [-0.1, -0.05) is 6.07 Å². The number of ether oxygens (including phenoxy) is 1. The minimum absolute atomic E-state index is 0.0396. The van der Waals surface area contributed by atoms with Crippen molar-refractivity contribution in [1.82, 2.24) is 0 Å². The van der Waals surface area contributed by atoms with Gasteiger partial charge in [0.1, 0.15) is 17.4 Å². The Hall–Kier alpha value is -2.28. The number of hydrogen-bond donors (Lipinski definition) is 1. The minimum Gasteiger partial charge on any atom is -0.497 e. The first-order chi connectivity index (χ1) is 7.30. The molecule has 0 atom stereocenters. The molecule has 4 heteroatoms. The maximum atomic E-state index is 10.3. The number of nitriles is 1. The molecule has 0 saturated heterocycles. The third-order valence-corrected chi connectivity index (χ3v) is 1.72. The number of methoxy groups -OCH3 is 1. The van der Waals surface area contributed by atoms with E-state index in [-0.39, 0.29) is 5.57 Å². The van der Waals surface area contributed by atoms with Crippen molar-refractivity contribution < 1.29 is 9.53 Å². The van der Waals surface area contributed by atoms with Crippen LogP contribution < -0.4 is 10.1 Å². The summed E-state index contributed by atoms with van der Waals surface area (Å²) in [6.07, 6.45) is 1.84. The van der Waals surface area contributed by atoms with Crippen LogP contribution in [0.5, 0.6) is 5.75 Å². The summed E-state index contributed by atoms with van der Waals surface area (Å²) in [6, 6.07) is 8.93. The average molecular weight is 202 g/mol. The number of nitrogens with zero attached hydrogens (tertiary/aromatic N) is 1. The molecule has 1 N–H and O–H groups in total. The molecule has 0 aliphatic carbocycles. The van der Waals surface area contributed by atoms with E-state index in [0.717, 1.165) is 5.69 Å². The highest BCUT2D eigenvalue weighted by atomic mass is 16.5. The molecule has 0 spiro atoms. The van der Waals surface area contributed by atoms with E-state index in [1.165, 1.54) is 6.20 Å². The summed E-state index contributed by atoms with van der Waals surface area (Å²) >= 11 is 0. The van der Waals surface area contributed by atoms with E-state index >= 15 is 0 Å². The molecule has 0 radical (unpaired) electrons. The van der Waals surface area contributed by atoms with E-state index in [2.05, 4.69) is 5.32 Å². The second-order valence-electron chi connectivity index (χ2n) is 2.71. The van der Waals surface area contributed by atoms with Gasteiger partial charge in [0.25, 0.3) is 0 Å². The molecule has 4 nitrogen and oxygen atoms in total. The van der Waals surface area contributed by atoms with E-state index < -0.39 is 0 Å². The lowest BCUT2D eigenvalue weighted by atomic mass is 10.3. The number of aldehydes is 1. The minimum atomic E-state index is 0.0396. The Morgan fingerprint density at radius 1 is 1.60 bits per heavy atom. The quantitative estimate of drug-likeness (QED) is 0.458. The maximum Gasteiger partial charge on any atom is 0.162 e. The highest BCUT2D eigenvalue weighted by Gasteiger charge is 1.94. The van der Waals surface area contributed by atoms with Crippen LogP contribution in [0.15, 0.2) is 36.0 Å². The summed E-state index contributed by atoms with van der Waals surface area (Å²) in [5, 5.41) is 11.3. The number of rotatable bonds is 4. The Balaban J connectivity index is 2.77. The van der Waals surface area contributed by atoms with Crippen LogP contribution >= 0.6 is 0 Å². The van der Waals surface area contributed by atoms with Crippen LogP contribution in [0, 0.1) is 11.3 Å². The fourth-order valence-electron chi connectivity index (χ4n) is 0.967. The Bertz CT molecular complexity index is 419. The molecule has 0 aliphatic rings. The number of nitrogens with one attached hydrogen (secondary N) is 1. The summed E-state index contributed by atoms with van der Waals surface area (Å²) in [6.45, 7) is 0. The topological polar surface area (TPSA) is 62.1 Å². The molecule has 0 saturated carbocycles. The SMILES string of the molecule is COc1cccc(N/C=C(/C#N)C=O)c1. The average Bonchev–Trinajstić information content (AvgIpc) is 2.31. The van der Waals surface area contributed by atoms with Crippen molar-refractivity contribution in [3.8, 4) is 11.8 Å². The van der Waals surface area contributed by atoms with Crippen molar-refractivity contribution in [3.05, 3.63) is 36.0 Å². The molecule has 0 fully saturated rings. The predicted octanol–water partition coefficient (Wildman–Crippen LogP) is 1.71. The number of hydrogen-bond acceptors (Lipinski definition) is 4. The first kappa shape index (κ1) is 10.8. The van der Waals surface area contributed by atoms with Gasteiger partial charge in [-0.25, -0.2) is 0 Å². The van der Waals surface area contributed by atoms with Gasteiger partial charge in [0.15, 0.2) is 6.29 Å². The van der Waals surface area contributed by atoms with Crippen LogP contribution in [0.4, 0.5) is 5.69 Å². The summed E-state index contributed by atoms with van der Waals surface area (Å²) in [4.78, 5) is 10.3. The van der Waals surface area contributed by atoms with Gasteiger partial charge in [-0.3, -0.25) is 4.79 Å². The van der Waals surface area contributed by atoms with Gasteiger partial charge in [0, 0.05) is 18.0 Å². The number of carbonyl (C=O) groups excluding carboxylic acids is 1. The van der Waals surface area contributed by atoms with E-state index in [1.807, 2.05) is 6.07 Å². The smallest absolute Gasteiger partial charge is 0.162 e. The first-order valence-electron chi connectivity index (χ1n) is 4.26. The predicted molar refractivity (Wildman–Crippen MR) is 56.4 cm³/mol. The molecule has 76 valence electrons. The second kappa shape index (κ2) is 5.45. The van der Waals surface area contributed by atoms with Gasteiger partial charge in [0.05, 0.1) is 7.11 Å². The van der Waals surface area contributed by atoms with Crippen molar-refractivity contribution in [2.75, 3.05) is 12.4 Å². The number of allylic oxidation sites excluding steroid dienone is 1. The Labute approximate surface area is 87.8 Å². The lowest BCUT2D eigenvalue weighted by Crippen LogP contribution is -1.92. The van der Waals surface area contributed by atoms with Crippen molar-refractivity contribution in [2.45, 2.75) is 0 Å². The van der Waals surface area contributed by atoms with E-state index in [0.29, 0.717) is 12.0 Å². The molecule has 0 aliphatic heterocycles. The Morgan fingerprint density at radius 2 is 2.40 bits per heavy atom. The third-order valence-electron chi connectivity index (χ3n) is 1.72. The Morgan fingerprint density at radius 3 is 3.00 bits per heavy atom. The molecule has 1 aromatic carbocycles. The van der Waals surface area contributed by atoms with Gasteiger partial charge < -0.3 is 10.1 Å². The number of carbonyl (C=O) groups is 1. The lowest BCUT2D eigenvalue weighted by molar-refractivity contribution is -0.104. The van der Waals surface area contributed by atoms with Crippen LogP contribution in [0.2, 0.25) is 0 Å². The van der Waals surface area contributed by atoms with Crippen LogP contribution in [0.25, 0.3) is 0 Å². The van der Waals surface area contributed by atoms with Crippen LogP contribution in [0.3, 0.4) is 0 Å². The molecule has 1 rings (SSSR count). The zero-order valence-corrected chi connectivity index (χ0v) is 8.23. The monoisotopic (exact) mass is 202 g/mol. The van der Waals surface area contributed by atoms with Gasteiger partial charge in [-0.15, -0.1) is 0 Å². The van der Waals surface area contributed by atoms with Crippen LogP contribution in [0.1, 0.15) is 0 Å². The van der Waals surface area contributed by atoms with Crippen molar-refractivity contribution in [2.24, 2.45) is 0 Å². The van der Waals surface area contributed by atoms with E-state index in [9.17, 15) is 4.79 Å². The highest BCUT2D eigenvalue weighted by molar-refractivity contribution is 5.79. The maximum absolute atomic E-state index is 10.3. The van der Waals surface area contributed by atoms with Crippen molar-refractivity contribution >= 4 is 12.0 Å². The van der Waals surface area contributed by atoms with Crippen molar-refractivity contribution in [3.63, 3.8) is 0 Å². The highest BCUT2D eigenvalue weighted by Crippen LogP contribution is 2.16. The molecular formula is C11H10N2O2. The third kappa shape index (κ3) is 3.16. The fourth-order valence-corrected chi connectivity index (χ4v) is 0.967. The summed E-state index contributed by atoms with van der Waals surface area (Å²) in [5.41, 5.74) is 0.793. The van der Waals surface area contributed by atoms with Crippen LogP contribution in [-0.2, 0) is 4.79 Å². The van der Waals surface area contributed by atoms with E-state index in [4.69, 9.17) is 10.00 Å². The Kier molecular flexibility index (Phi) is 3.92. The van der Waals surface area contributed by atoms with Gasteiger partial charge in [0.2, 0.25) is 0 Å². The first-order valence-corrected chi connectivity index (χ1v) is 4.26. The number of benzene rings is 1. The molecule has 0 aromatic heterocycles. The second-order valence-corrected chi connectivity index (χ2v) is 2.71. The summed E-state index contributed by atoms with van der Waals surface area (Å²) < 4.78 is 5.02. The zero-order valence-electron chi connectivity index (χ0n) is 8.23. The van der Waals surface area contributed by atoms with Gasteiger partial charge in [-0.05, 0) is 12.1 Å². The molecule has 0 heterocycles.